The summed E-state index contributed by atoms with van der Waals surface area (Å²) in [5, 5.41) is 9.83. The van der Waals surface area contributed by atoms with Gasteiger partial charge in [0.15, 0.2) is 11.5 Å². The number of phosphoric acid groups is 1. The molecule has 4 atom stereocenters. The minimum absolute atomic E-state index is 0.0370. The van der Waals surface area contributed by atoms with Crippen LogP contribution in [0.4, 0.5) is 5.82 Å². The second kappa shape index (κ2) is 10.6. The molecule has 3 rings (SSSR count). The van der Waals surface area contributed by atoms with Crippen molar-refractivity contribution in [3.8, 4) is 0 Å². The largest absolute Gasteiger partial charge is 0.472 e. The van der Waals surface area contributed by atoms with Gasteiger partial charge in [0.1, 0.15) is 11.8 Å². The molecule has 0 radical (unpaired) electrons. The van der Waals surface area contributed by atoms with Crippen LogP contribution in [0.3, 0.4) is 0 Å². The average Bonchev–Trinajstić information content (AvgIpc) is 3.12. The van der Waals surface area contributed by atoms with Crippen LogP contribution in [-0.4, -0.2) is 49.3 Å². The lowest BCUT2D eigenvalue weighted by Gasteiger charge is -2.44. The van der Waals surface area contributed by atoms with Gasteiger partial charge in [-0.25, -0.2) is 19.5 Å². The molecule has 1 aliphatic carbocycles. The summed E-state index contributed by atoms with van der Waals surface area (Å²) in [5.41, 5.74) is 6.97. The second-order valence-corrected chi connectivity index (χ2v) is 9.31. The van der Waals surface area contributed by atoms with E-state index in [0.29, 0.717) is 23.4 Å². The SMILES string of the molecule is CCCCCCCCOP(=O)(O)OC[C@H]1C[C@@H](n2cnc3c(N)ncnc32)[C@@H]1CO. The van der Waals surface area contributed by atoms with Gasteiger partial charge in [0.25, 0.3) is 0 Å². The molecule has 0 saturated heterocycles. The highest BCUT2D eigenvalue weighted by Gasteiger charge is 2.43. The summed E-state index contributed by atoms with van der Waals surface area (Å²) >= 11 is 0. The molecule has 0 aliphatic heterocycles. The Balaban J connectivity index is 1.45. The number of unbranched alkanes of at least 4 members (excludes halogenated alkanes) is 5. The summed E-state index contributed by atoms with van der Waals surface area (Å²) in [7, 11) is -4.09. The zero-order chi connectivity index (χ0) is 21.6. The number of nitrogen functional groups attached to an aromatic ring is 1. The van der Waals surface area contributed by atoms with Crippen molar-refractivity contribution in [1.29, 1.82) is 0 Å². The van der Waals surface area contributed by atoms with Crippen molar-refractivity contribution in [3.05, 3.63) is 12.7 Å². The molecule has 0 amide bonds. The van der Waals surface area contributed by atoms with E-state index >= 15 is 0 Å². The van der Waals surface area contributed by atoms with Gasteiger partial charge in [0.2, 0.25) is 0 Å². The molecule has 11 heteroatoms. The van der Waals surface area contributed by atoms with Crippen LogP contribution in [0.2, 0.25) is 0 Å². The summed E-state index contributed by atoms with van der Waals surface area (Å²) in [6.45, 7) is 2.35. The summed E-state index contributed by atoms with van der Waals surface area (Å²) in [4.78, 5) is 22.3. The van der Waals surface area contributed by atoms with E-state index in [2.05, 4.69) is 21.9 Å². The number of phosphoric ester groups is 1. The van der Waals surface area contributed by atoms with E-state index in [1.165, 1.54) is 25.6 Å². The fourth-order valence-corrected chi connectivity index (χ4v) is 4.78. The molecule has 0 spiro atoms. The lowest BCUT2D eigenvalue weighted by molar-refractivity contribution is -0.00810. The van der Waals surface area contributed by atoms with Gasteiger partial charge in [-0.15, -0.1) is 0 Å². The molecule has 1 unspecified atom stereocenters. The molecule has 0 aromatic carbocycles. The summed E-state index contributed by atoms with van der Waals surface area (Å²) < 4.78 is 24.3. The minimum atomic E-state index is -4.09. The predicted octanol–water partition coefficient (Wildman–Crippen LogP) is 3.07. The van der Waals surface area contributed by atoms with E-state index < -0.39 is 7.82 Å². The molecule has 2 aromatic rings. The number of fused-ring (bicyclic) bond motifs is 1. The van der Waals surface area contributed by atoms with Crippen molar-refractivity contribution in [1.82, 2.24) is 19.5 Å². The Morgan fingerprint density at radius 3 is 2.73 bits per heavy atom. The number of hydrogen-bond donors (Lipinski definition) is 3. The van der Waals surface area contributed by atoms with Gasteiger partial charge in [-0.1, -0.05) is 39.0 Å². The molecule has 4 N–H and O–H groups in total. The number of anilines is 1. The van der Waals surface area contributed by atoms with Gasteiger partial charge in [-0.05, 0) is 18.8 Å². The van der Waals surface area contributed by atoms with E-state index in [4.69, 9.17) is 14.8 Å². The van der Waals surface area contributed by atoms with E-state index in [9.17, 15) is 14.6 Å². The number of aromatic nitrogens is 4. The topological polar surface area (TPSA) is 146 Å². The number of aliphatic hydroxyl groups is 1. The summed E-state index contributed by atoms with van der Waals surface area (Å²) in [6, 6.07) is -0.0370. The Hall–Kier alpha value is -1.58. The molecule has 30 heavy (non-hydrogen) atoms. The number of imidazole rings is 1. The molecule has 1 fully saturated rings. The van der Waals surface area contributed by atoms with Crippen molar-refractivity contribution in [3.63, 3.8) is 0 Å². The highest BCUT2D eigenvalue weighted by Crippen LogP contribution is 2.49. The van der Waals surface area contributed by atoms with Crippen molar-refractivity contribution in [2.45, 2.75) is 57.9 Å². The van der Waals surface area contributed by atoms with E-state index in [0.717, 1.165) is 19.3 Å². The first-order valence-electron chi connectivity index (χ1n) is 10.6. The highest BCUT2D eigenvalue weighted by atomic mass is 31.2. The number of nitrogens with zero attached hydrogens (tertiary/aromatic N) is 4. The minimum Gasteiger partial charge on any atom is -0.396 e. The van der Waals surface area contributed by atoms with Crippen molar-refractivity contribution >= 4 is 24.8 Å². The molecule has 1 saturated carbocycles. The van der Waals surface area contributed by atoms with Gasteiger partial charge in [-0.2, -0.15) is 0 Å². The fourth-order valence-electron chi connectivity index (χ4n) is 3.96. The molecule has 2 heterocycles. The van der Waals surface area contributed by atoms with Gasteiger partial charge in [-0.3, -0.25) is 9.05 Å². The smallest absolute Gasteiger partial charge is 0.396 e. The third-order valence-electron chi connectivity index (χ3n) is 5.80. The first-order valence-corrected chi connectivity index (χ1v) is 12.1. The van der Waals surface area contributed by atoms with Crippen LogP contribution in [0, 0.1) is 11.8 Å². The molecule has 1 aliphatic rings. The Morgan fingerprint density at radius 1 is 1.20 bits per heavy atom. The zero-order valence-electron chi connectivity index (χ0n) is 17.4. The summed E-state index contributed by atoms with van der Waals surface area (Å²) in [6.07, 6.45) is 10.1. The molecule has 10 nitrogen and oxygen atoms in total. The van der Waals surface area contributed by atoms with Gasteiger partial charge in [0, 0.05) is 18.6 Å². The predicted molar refractivity (Wildman–Crippen MR) is 113 cm³/mol. The molecular formula is C19H32N5O5P. The molecule has 168 valence electrons. The van der Waals surface area contributed by atoms with E-state index in [1.54, 1.807) is 6.33 Å². The van der Waals surface area contributed by atoms with E-state index in [1.807, 2.05) is 4.57 Å². The van der Waals surface area contributed by atoms with Crippen LogP contribution in [0.25, 0.3) is 11.2 Å². The van der Waals surface area contributed by atoms with Crippen LogP contribution < -0.4 is 5.73 Å². The Bertz CT molecular complexity index is 863. The molecule has 0 bridgehead atoms. The number of nitrogens with two attached hydrogens (primary N) is 1. The first kappa shape index (κ1) is 23.1. The number of hydrogen-bond acceptors (Lipinski definition) is 8. The maximum atomic E-state index is 12.1. The quantitative estimate of drug-likeness (QED) is 0.315. The van der Waals surface area contributed by atoms with Crippen LogP contribution in [-0.2, 0) is 13.6 Å². The van der Waals surface area contributed by atoms with Gasteiger partial charge in [0.05, 0.1) is 19.5 Å². The van der Waals surface area contributed by atoms with Crippen LogP contribution in [0.15, 0.2) is 12.7 Å². The standard InChI is InChI=1S/C19H32N5O5P/c1-2-3-4-5-6-7-8-28-30(26,27)29-11-14-9-16(15(14)10-25)24-13-23-17-18(20)21-12-22-19(17)24/h12-16,25H,2-11H2,1H3,(H,26,27)(H2,20,21,22)/t14-,15-,16-/m1/s1. The number of rotatable bonds is 13. The maximum Gasteiger partial charge on any atom is 0.472 e. The van der Waals surface area contributed by atoms with E-state index in [-0.39, 0.29) is 37.7 Å². The fraction of sp³-hybridized carbons (Fsp3) is 0.737. The third-order valence-corrected chi connectivity index (χ3v) is 6.79. The Morgan fingerprint density at radius 2 is 1.97 bits per heavy atom. The average molecular weight is 441 g/mol. The van der Waals surface area contributed by atoms with Gasteiger partial charge >= 0.3 is 7.82 Å². The number of aliphatic hydroxyl groups excluding tert-OH is 1. The summed E-state index contributed by atoms with van der Waals surface area (Å²) in [5.74, 6) is 0.106. The van der Waals surface area contributed by atoms with Crippen LogP contribution >= 0.6 is 7.82 Å². The highest BCUT2D eigenvalue weighted by molar-refractivity contribution is 7.47. The Labute approximate surface area is 176 Å². The van der Waals surface area contributed by atoms with Crippen molar-refractivity contribution < 1.29 is 23.6 Å². The van der Waals surface area contributed by atoms with Crippen molar-refractivity contribution in [2.24, 2.45) is 11.8 Å². The van der Waals surface area contributed by atoms with Crippen LogP contribution in [0.5, 0.6) is 0 Å². The molecular weight excluding hydrogens is 409 g/mol. The zero-order valence-corrected chi connectivity index (χ0v) is 18.3. The van der Waals surface area contributed by atoms with Gasteiger partial charge < -0.3 is 20.3 Å². The lowest BCUT2D eigenvalue weighted by Crippen LogP contribution is -2.42. The lowest BCUT2D eigenvalue weighted by atomic mass is 9.70. The maximum absolute atomic E-state index is 12.1. The first-order chi connectivity index (χ1) is 14.5. The van der Waals surface area contributed by atoms with Crippen molar-refractivity contribution in [2.75, 3.05) is 25.6 Å². The monoisotopic (exact) mass is 441 g/mol. The second-order valence-electron chi connectivity index (χ2n) is 7.86. The normalized spacial score (nSPS) is 23.4. The Kier molecular flexibility index (Phi) is 8.19. The third kappa shape index (κ3) is 5.56. The molecule has 2 aromatic heterocycles. The van der Waals surface area contributed by atoms with Crippen LogP contribution in [0.1, 0.15) is 57.9 Å².